The van der Waals surface area contributed by atoms with Crippen LogP contribution in [0.2, 0.25) is 0 Å². The van der Waals surface area contributed by atoms with Crippen LogP contribution in [0.3, 0.4) is 0 Å². The van der Waals surface area contributed by atoms with Crippen LogP contribution in [-0.4, -0.2) is 17.6 Å². The van der Waals surface area contributed by atoms with Crippen molar-refractivity contribution in [2.45, 2.75) is 19.8 Å². The number of alkyl halides is 2. The molecule has 0 atom stereocenters. The van der Waals surface area contributed by atoms with E-state index in [1.165, 1.54) is 12.3 Å². The number of nitrogens with zero attached hydrogens (tertiary/aromatic N) is 1. The van der Waals surface area contributed by atoms with E-state index in [1.807, 2.05) is 0 Å². The van der Waals surface area contributed by atoms with Crippen LogP contribution < -0.4 is 0 Å². The summed E-state index contributed by atoms with van der Waals surface area (Å²) in [5, 5.41) is 0. The minimum absolute atomic E-state index is 0.0303. The third kappa shape index (κ3) is 3.66. The van der Waals surface area contributed by atoms with E-state index in [0.717, 1.165) is 0 Å². The Labute approximate surface area is 105 Å². The fraction of sp³-hybridized carbons (Fsp3) is 0.400. The number of esters is 1. The highest BCUT2D eigenvalue weighted by molar-refractivity contribution is 14.1. The number of carbonyl (C=O) groups is 1. The SMILES string of the molecule is CCOC(=O)Cc1cnc(I)c(C(F)F)c1. The second-order valence-electron chi connectivity index (χ2n) is 3.01. The molecule has 6 heteroatoms. The fourth-order valence-corrected chi connectivity index (χ4v) is 1.67. The molecule has 0 aromatic carbocycles. The van der Waals surface area contributed by atoms with Crippen LogP contribution in [0.25, 0.3) is 0 Å². The van der Waals surface area contributed by atoms with Crippen molar-refractivity contribution in [1.82, 2.24) is 4.98 Å². The molecule has 0 aliphatic rings. The number of hydrogen-bond donors (Lipinski definition) is 0. The summed E-state index contributed by atoms with van der Waals surface area (Å²) in [6.07, 6.45) is -1.20. The second kappa shape index (κ2) is 6.07. The summed E-state index contributed by atoms with van der Waals surface area (Å²) in [6, 6.07) is 1.29. The molecule has 0 aliphatic carbocycles. The molecule has 1 rings (SSSR count). The van der Waals surface area contributed by atoms with Crippen LogP contribution >= 0.6 is 22.6 Å². The highest BCUT2D eigenvalue weighted by atomic mass is 127. The molecule has 0 spiro atoms. The molecule has 0 N–H and O–H groups in total. The molecule has 16 heavy (non-hydrogen) atoms. The Hall–Kier alpha value is -0.790. The smallest absolute Gasteiger partial charge is 0.310 e. The summed E-state index contributed by atoms with van der Waals surface area (Å²) in [5.41, 5.74) is 0.288. The summed E-state index contributed by atoms with van der Waals surface area (Å²) < 4.78 is 30.0. The first-order valence-electron chi connectivity index (χ1n) is 4.62. The van der Waals surface area contributed by atoms with Gasteiger partial charge in [0.15, 0.2) is 0 Å². The van der Waals surface area contributed by atoms with E-state index < -0.39 is 12.4 Å². The molecule has 0 saturated carbocycles. The topological polar surface area (TPSA) is 39.2 Å². The van der Waals surface area contributed by atoms with Crippen molar-refractivity contribution >= 4 is 28.6 Å². The highest BCUT2D eigenvalue weighted by Crippen LogP contribution is 2.23. The predicted molar refractivity (Wildman–Crippen MR) is 62.2 cm³/mol. The zero-order valence-corrected chi connectivity index (χ0v) is 10.7. The molecule has 0 amide bonds. The summed E-state index contributed by atoms with van der Waals surface area (Å²) in [4.78, 5) is 15.0. The zero-order chi connectivity index (χ0) is 12.1. The van der Waals surface area contributed by atoms with Crippen LogP contribution in [0, 0.1) is 3.70 Å². The molecule has 0 unspecified atom stereocenters. The van der Waals surface area contributed by atoms with Crippen molar-refractivity contribution in [2.75, 3.05) is 6.61 Å². The van der Waals surface area contributed by atoms with Crippen LogP contribution in [0.1, 0.15) is 24.5 Å². The van der Waals surface area contributed by atoms with Gasteiger partial charge in [-0.25, -0.2) is 13.8 Å². The highest BCUT2D eigenvalue weighted by Gasteiger charge is 2.14. The van der Waals surface area contributed by atoms with Gasteiger partial charge >= 0.3 is 5.97 Å². The van der Waals surface area contributed by atoms with Crippen molar-refractivity contribution in [3.63, 3.8) is 0 Å². The lowest BCUT2D eigenvalue weighted by Gasteiger charge is -2.06. The monoisotopic (exact) mass is 341 g/mol. The van der Waals surface area contributed by atoms with Crippen LogP contribution in [0.15, 0.2) is 12.3 Å². The number of hydrogen-bond acceptors (Lipinski definition) is 3. The van der Waals surface area contributed by atoms with Gasteiger partial charge in [0.1, 0.15) is 3.70 Å². The van der Waals surface area contributed by atoms with Gasteiger partial charge in [-0.15, -0.1) is 0 Å². The first kappa shape index (κ1) is 13.3. The normalized spacial score (nSPS) is 10.6. The molecule has 0 fully saturated rings. The van der Waals surface area contributed by atoms with Crippen molar-refractivity contribution in [3.05, 3.63) is 27.1 Å². The molecule has 88 valence electrons. The first-order chi connectivity index (χ1) is 7.54. The molecule has 0 radical (unpaired) electrons. The summed E-state index contributed by atoms with van der Waals surface area (Å²) in [5.74, 6) is -0.439. The van der Waals surface area contributed by atoms with Crippen molar-refractivity contribution < 1.29 is 18.3 Å². The van der Waals surface area contributed by atoms with Crippen LogP contribution in [0.4, 0.5) is 8.78 Å². The molecule has 0 saturated heterocycles. The lowest BCUT2D eigenvalue weighted by molar-refractivity contribution is -0.142. The van der Waals surface area contributed by atoms with E-state index >= 15 is 0 Å². The van der Waals surface area contributed by atoms with Crippen LogP contribution in [0.5, 0.6) is 0 Å². The summed E-state index contributed by atoms with van der Waals surface area (Å²) in [7, 11) is 0. The summed E-state index contributed by atoms with van der Waals surface area (Å²) in [6.45, 7) is 1.97. The maximum atomic E-state index is 12.5. The molecular weight excluding hydrogens is 331 g/mol. The third-order valence-corrected chi connectivity index (χ3v) is 2.71. The molecular formula is C10H10F2INO2. The Bertz CT molecular complexity index is 385. The maximum absolute atomic E-state index is 12.5. The van der Waals surface area contributed by atoms with E-state index in [2.05, 4.69) is 4.98 Å². The maximum Gasteiger partial charge on any atom is 0.310 e. The van der Waals surface area contributed by atoms with Gasteiger partial charge in [-0.2, -0.15) is 0 Å². The van der Waals surface area contributed by atoms with E-state index in [-0.39, 0.29) is 22.3 Å². The number of pyridine rings is 1. The summed E-state index contributed by atoms with van der Waals surface area (Å²) >= 11 is 1.74. The van der Waals surface area contributed by atoms with Gasteiger partial charge in [-0.3, -0.25) is 4.79 Å². The van der Waals surface area contributed by atoms with Crippen molar-refractivity contribution in [1.29, 1.82) is 0 Å². The Balaban J connectivity index is 2.82. The Morgan fingerprint density at radius 1 is 1.62 bits per heavy atom. The Kier molecular flexibility index (Phi) is 5.04. The van der Waals surface area contributed by atoms with E-state index in [0.29, 0.717) is 5.56 Å². The standard InChI is InChI=1S/C10H10F2INO2/c1-2-16-8(15)4-6-3-7(9(11)12)10(13)14-5-6/h3,5,9H,2,4H2,1H3. The Morgan fingerprint density at radius 2 is 2.31 bits per heavy atom. The van der Waals surface area contributed by atoms with Gasteiger partial charge < -0.3 is 4.74 Å². The number of carbonyl (C=O) groups excluding carboxylic acids is 1. The number of aromatic nitrogens is 1. The molecule has 0 bridgehead atoms. The third-order valence-electron chi connectivity index (χ3n) is 1.81. The van der Waals surface area contributed by atoms with Crippen LogP contribution in [-0.2, 0) is 16.0 Å². The number of rotatable bonds is 4. The van der Waals surface area contributed by atoms with Gasteiger partial charge in [-0.05, 0) is 41.1 Å². The van der Waals surface area contributed by atoms with Crippen molar-refractivity contribution in [2.24, 2.45) is 0 Å². The quantitative estimate of drug-likeness (QED) is 0.480. The number of ether oxygens (including phenoxy) is 1. The lowest BCUT2D eigenvalue weighted by atomic mass is 10.1. The molecule has 3 nitrogen and oxygen atoms in total. The van der Waals surface area contributed by atoms with Gasteiger partial charge in [0.25, 0.3) is 6.43 Å². The van der Waals surface area contributed by atoms with Gasteiger partial charge in [0, 0.05) is 11.8 Å². The minimum Gasteiger partial charge on any atom is -0.466 e. The molecule has 1 aromatic rings. The zero-order valence-electron chi connectivity index (χ0n) is 8.54. The van der Waals surface area contributed by atoms with E-state index in [4.69, 9.17) is 4.74 Å². The van der Waals surface area contributed by atoms with E-state index in [1.54, 1.807) is 29.5 Å². The van der Waals surface area contributed by atoms with Gasteiger partial charge in [0.05, 0.1) is 13.0 Å². The average molecular weight is 341 g/mol. The molecule has 0 aliphatic heterocycles. The minimum atomic E-state index is -2.58. The van der Waals surface area contributed by atoms with Crippen molar-refractivity contribution in [3.8, 4) is 0 Å². The average Bonchev–Trinajstić information content (AvgIpc) is 2.21. The largest absolute Gasteiger partial charge is 0.466 e. The fourth-order valence-electron chi connectivity index (χ4n) is 1.14. The predicted octanol–water partition coefficient (Wildman–Crippen LogP) is 2.73. The Morgan fingerprint density at radius 3 is 2.88 bits per heavy atom. The molecule has 1 aromatic heterocycles. The van der Waals surface area contributed by atoms with Gasteiger partial charge in [0.2, 0.25) is 0 Å². The van der Waals surface area contributed by atoms with Gasteiger partial charge in [-0.1, -0.05) is 0 Å². The molecule has 1 heterocycles. The lowest BCUT2D eigenvalue weighted by Crippen LogP contribution is -2.08. The number of halogens is 3. The first-order valence-corrected chi connectivity index (χ1v) is 5.70. The second-order valence-corrected chi connectivity index (χ2v) is 4.03. The van der Waals surface area contributed by atoms with E-state index in [9.17, 15) is 13.6 Å².